The van der Waals surface area contributed by atoms with Gasteiger partial charge in [0.2, 0.25) is 0 Å². The number of carboxylic acid groups (broad SMARTS) is 1. The predicted octanol–water partition coefficient (Wildman–Crippen LogP) is 5.21. The lowest BCUT2D eigenvalue weighted by molar-refractivity contribution is -0.122. The van der Waals surface area contributed by atoms with Crippen molar-refractivity contribution in [3.05, 3.63) is 56.2 Å². The third kappa shape index (κ3) is 6.56. The van der Waals surface area contributed by atoms with Gasteiger partial charge in [-0.05, 0) is 30.7 Å². The molecule has 6 nitrogen and oxygen atoms in total. The maximum atomic E-state index is 9.07. The standard InChI is InChI=1S/C23H24ClN3OS2.CH2O2/c24-20-13-19(26-14-15-7-6-12-29-15)23-21(27-20)17(9-2-1-5-11-28)22(30-23)16-8-3-4-10-18(16)25;2-1-3/h3-4,6-7,12-13,16,18,28H,1,5,8,10-11,14,25H2,(H,26,27);1H,(H,2,3)/t16-,18-;/m1./s1. The number of hydrogen-bond donors (Lipinski definition) is 4. The van der Waals surface area contributed by atoms with Crippen molar-refractivity contribution in [3.63, 3.8) is 0 Å². The Morgan fingerprint density at radius 2 is 2.15 bits per heavy atom. The zero-order valence-corrected chi connectivity index (χ0v) is 20.3. The van der Waals surface area contributed by atoms with Crippen LogP contribution in [0.25, 0.3) is 10.2 Å². The summed E-state index contributed by atoms with van der Waals surface area (Å²) < 4.78 is 1.07. The Labute approximate surface area is 206 Å². The number of thiophene rings is 2. The number of unbranched alkanes of at least 4 members (excludes halogenated alkanes) is 1. The molecule has 0 bridgehead atoms. The van der Waals surface area contributed by atoms with Crippen molar-refractivity contribution in [1.82, 2.24) is 4.98 Å². The SMILES string of the molecule is N[C@@H]1CC=CC[C@H]1c1sc2c(NCc3cccs3)cc(Cl)nc2c1C#CCCCO.O=CO. The van der Waals surface area contributed by atoms with Crippen LogP contribution in [-0.4, -0.2) is 34.3 Å². The van der Waals surface area contributed by atoms with Crippen molar-refractivity contribution in [2.24, 2.45) is 5.73 Å². The van der Waals surface area contributed by atoms with Gasteiger partial charge in [-0.3, -0.25) is 4.79 Å². The molecule has 0 radical (unpaired) electrons. The average molecular weight is 504 g/mol. The molecule has 174 valence electrons. The normalized spacial score (nSPS) is 17.1. The summed E-state index contributed by atoms with van der Waals surface area (Å²) in [6.45, 7) is 0.634. The molecule has 5 N–H and O–H groups in total. The number of hydrogen-bond acceptors (Lipinski definition) is 7. The minimum Gasteiger partial charge on any atom is -0.483 e. The Balaban J connectivity index is 0.000000968. The van der Waals surface area contributed by atoms with E-state index in [-0.39, 0.29) is 25.0 Å². The molecule has 0 aliphatic heterocycles. The second-order valence-corrected chi connectivity index (χ2v) is 9.86. The van der Waals surface area contributed by atoms with Gasteiger partial charge in [0.25, 0.3) is 6.47 Å². The molecule has 3 aromatic rings. The third-order valence-corrected chi connectivity index (χ3v) is 7.58. The summed E-state index contributed by atoms with van der Waals surface area (Å²) in [5.41, 5.74) is 9.24. The zero-order chi connectivity index (χ0) is 23.6. The Morgan fingerprint density at radius 1 is 1.36 bits per heavy atom. The number of carbonyl (C=O) groups is 1. The van der Waals surface area contributed by atoms with E-state index >= 15 is 0 Å². The summed E-state index contributed by atoms with van der Waals surface area (Å²) in [5, 5.41) is 22.0. The fourth-order valence-electron chi connectivity index (χ4n) is 3.62. The molecular weight excluding hydrogens is 478 g/mol. The molecular formula is C24H26ClN3O3S2. The van der Waals surface area contributed by atoms with E-state index in [1.807, 2.05) is 6.07 Å². The lowest BCUT2D eigenvalue weighted by atomic mass is 9.87. The summed E-state index contributed by atoms with van der Waals surface area (Å²) in [4.78, 5) is 15.5. The molecule has 0 amide bonds. The number of pyridine rings is 1. The molecule has 1 aliphatic rings. The Morgan fingerprint density at radius 3 is 2.85 bits per heavy atom. The molecule has 3 heterocycles. The summed E-state index contributed by atoms with van der Waals surface area (Å²) in [6.07, 6.45) is 7.45. The smallest absolute Gasteiger partial charge is 0.290 e. The van der Waals surface area contributed by atoms with Gasteiger partial charge < -0.3 is 21.3 Å². The number of nitrogens with one attached hydrogen (secondary N) is 1. The summed E-state index contributed by atoms with van der Waals surface area (Å²) in [7, 11) is 0. The summed E-state index contributed by atoms with van der Waals surface area (Å²) in [6, 6.07) is 6.13. The van der Waals surface area contributed by atoms with E-state index in [9.17, 15) is 0 Å². The lowest BCUT2D eigenvalue weighted by Crippen LogP contribution is -2.29. The minimum atomic E-state index is -0.250. The van der Waals surface area contributed by atoms with Gasteiger partial charge in [0.1, 0.15) is 10.7 Å². The van der Waals surface area contributed by atoms with Crippen LogP contribution in [0.15, 0.2) is 35.7 Å². The van der Waals surface area contributed by atoms with Crippen LogP contribution in [0, 0.1) is 11.8 Å². The topological polar surface area (TPSA) is 108 Å². The molecule has 0 unspecified atom stereocenters. The number of aliphatic hydroxyl groups excluding tert-OH is 1. The third-order valence-electron chi connectivity index (χ3n) is 5.16. The van der Waals surface area contributed by atoms with Crippen LogP contribution >= 0.6 is 34.3 Å². The average Bonchev–Trinajstić information content (AvgIpc) is 3.44. The molecule has 0 spiro atoms. The van der Waals surface area contributed by atoms with Gasteiger partial charge in [-0.15, -0.1) is 22.7 Å². The Bertz CT molecular complexity index is 1150. The highest BCUT2D eigenvalue weighted by Crippen LogP contribution is 2.43. The van der Waals surface area contributed by atoms with Gasteiger partial charge in [-0.25, -0.2) is 4.98 Å². The first-order chi connectivity index (χ1) is 16.1. The van der Waals surface area contributed by atoms with Gasteiger partial charge in [0, 0.05) is 47.4 Å². The number of allylic oxidation sites excluding steroid dienone is 1. The van der Waals surface area contributed by atoms with Gasteiger partial charge in [-0.1, -0.05) is 41.7 Å². The molecule has 1 aliphatic carbocycles. The molecule has 9 heteroatoms. The molecule has 33 heavy (non-hydrogen) atoms. The van der Waals surface area contributed by atoms with Crippen LogP contribution in [0.3, 0.4) is 0 Å². The van der Waals surface area contributed by atoms with Crippen molar-refractivity contribution >= 4 is 56.7 Å². The molecule has 3 aromatic heterocycles. The largest absolute Gasteiger partial charge is 0.483 e. The second-order valence-electron chi connectivity index (χ2n) is 7.39. The summed E-state index contributed by atoms with van der Waals surface area (Å²) in [5.74, 6) is 6.76. The number of aromatic nitrogens is 1. The highest BCUT2D eigenvalue weighted by Gasteiger charge is 2.27. The molecule has 0 saturated heterocycles. The van der Waals surface area contributed by atoms with Crippen LogP contribution < -0.4 is 11.1 Å². The maximum absolute atomic E-state index is 9.07. The Kier molecular flexibility index (Phi) is 9.73. The zero-order valence-electron chi connectivity index (χ0n) is 18.0. The van der Waals surface area contributed by atoms with Crippen molar-refractivity contribution in [2.75, 3.05) is 11.9 Å². The van der Waals surface area contributed by atoms with Crippen molar-refractivity contribution in [1.29, 1.82) is 0 Å². The van der Waals surface area contributed by atoms with E-state index in [0.717, 1.165) is 40.9 Å². The van der Waals surface area contributed by atoms with E-state index in [1.54, 1.807) is 22.7 Å². The van der Waals surface area contributed by atoms with Crippen molar-refractivity contribution in [2.45, 2.75) is 44.2 Å². The van der Waals surface area contributed by atoms with Crippen LogP contribution in [0.1, 0.15) is 46.9 Å². The molecule has 0 fully saturated rings. The maximum Gasteiger partial charge on any atom is 0.290 e. The fraction of sp³-hybridized carbons (Fsp3) is 0.333. The van der Waals surface area contributed by atoms with E-state index in [1.165, 1.54) is 9.75 Å². The molecule has 4 rings (SSSR count). The number of rotatable bonds is 6. The number of halogens is 1. The van der Waals surface area contributed by atoms with Crippen molar-refractivity contribution in [3.8, 4) is 11.8 Å². The second kappa shape index (κ2) is 12.7. The number of nitrogens with two attached hydrogens (primary N) is 1. The number of nitrogens with zero attached hydrogens (tertiary/aromatic N) is 1. The van der Waals surface area contributed by atoms with Gasteiger partial charge in [-0.2, -0.15) is 0 Å². The van der Waals surface area contributed by atoms with Crippen LogP contribution in [-0.2, 0) is 11.3 Å². The van der Waals surface area contributed by atoms with E-state index < -0.39 is 0 Å². The van der Waals surface area contributed by atoms with E-state index in [4.69, 9.17) is 32.3 Å². The van der Waals surface area contributed by atoms with Crippen LogP contribution in [0.4, 0.5) is 5.69 Å². The number of aliphatic hydroxyl groups is 1. The highest BCUT2D eigenvalue weighted by atomic mass is 35.5. The fourth-order valence-corrected chi connectivity index (χ4v) is 5.83. The first-order valence-electron chi connectivity index (χ1n) is 10.6. The molecule has 2 atom stereocenters. The summed E-state index contributed by atoms with van der Waals surface area (Å²) >= 11 is 9.85. The number of fused-ring (bicyclic) bond motifs is 1. The van der Waals surface area contributed by atoms with Gasteiger partial charge in [0.05, 0.1) is 16.0 Å². The first kappa shape index (κ1) is 25.2. The predicted molar refractivity (Wildman–Crippen MR) is 137 cm³/mol. The lowest BCUT2D eigenvalue weighted by Gasteiger charge is -2.24. The van der Waals surface area contributed by atoms with Crippen molar-refractivity contribution < 1.29 is 15.0 Å². The van der Waals surface area contributed by atoms with Gasteiger partial charge >= 0.3 is 0 Å². The molecule has 0 saturated carbocycles. The minimum absolute atomic E-state index is 0.0686. The first-order valence-corrected chi connectivity index (χ1v) is 12.6. The highest BCUT2D eigenvalue weighted by molar-refractivity contribution is 7.20. The van der Waals surface area contributed by atoms with Crippen LogP contribution in [0.5, 0.6) is 0 Å². The van der Waals surface area contributed by atoms with Gasteiger partial charge in [0.15, 0.2) is 0 Å². The monoisotopic (exact) mass is 503 g/mol. The molecule has 0 aromatic carbocycles. The Hall–Kier alpha value is -2.41. The van der Waals surface area contributed by atoms with E-state index in [0.29, 0.717) is 18.0 Å². The number of anilines is 1. The quantitative estimate of drug-likeness (QED) is 0.121. The van der Waals surface area contributed by atoms with E-state index in [2.05, 4.69) is 51.8 Å². The van der Waals surface area contributed by atoms with Crippen LogP contribution in [0.2, 0.25) is 5.15 Å².